The van der Waals surface area contributed by atoms with Gasteiger partial charge in [0.15, 0.2) is 5.96 Å². The quantitative estimate of drug-likeness (QED) is 0.0111. The number of primary amides is 6. The number of H-pyrrole nitrogens is 1. The Bertz CT molecular complexity index is 4860. The highest BCUT2D eigenvalue weighted by Crippen LogP contribution is 2.21. The number of phenolic OH excluding ortho intramolecular Hbond substituents is 2. The lowest BCUT2D eigenvalue weighted by Gasteiger charge is -2.28. The molecule has 1 unspecified atom stereocenters. The summed E-state index contributed by atoms with van der Waals surface area (Å²) in [4.78, 5) is 299. The number of aromatic amines is 1. The van der Waals surface area contributed by atoms with Crippen LogP contribution in [0.25, 0.3) is 10.9 Å². The van der Waals surface area contributed by atoms with E-state index in [9.17, 15) is 131 Å². The molecule has 1 aromatic heterocycles. The summed E-state index contributed by atoms with van der Waals surface area (Å²) < 4.78 is 0. The fourth-order valence-corrected chi connectivity index (χ4v) is 12.8. The van der Waals surface area contributed by atoms with E-state index in [1.807, 2.05) is 0 Å². The van der Waals surface area contributed by atoms with Crippen LogP contribution in [0.5, 0.6) is 11.5 Å². The molecule has 20 amide bonds. The molecule has 14 atom stereocenters. The molecular weight excluding hydrogens is 1740 g/mol. The molecule has 0 saturated carbocycles. The Morgan fingerprint density at radius 1 is 0.371 bits per heavy atom. The summed E-state index contributed by atoms with van der Waals surface area (Å²) in [7, 11) is 0. The smallest absolute Gasteiger partial charge is 0.326 e. The number of aromatic nitrogens is 1. The van der Waals surface area contributed by atoms with Gasteiger partial charge in [-0.1, -0.05) is 56.3 Å². The molecular formula is C80H113N25O27. The minimum atomic E-state index is -2.19. The lowest BCUT2D eigenvalue weighted by molar-refractivity contribution is -0.143. The molecule has 0 saturated heterocycles. The number of hydrogen-bond acceptors (Lipinski definition) is 27. The number of aliphatic carboxylic acids is 2. The summed E-state index contributed by atoms with van der Waals surface area (Å²) in [6.45, 7) is 2.14. The van der Waals surface area contributed by atoms with Gasteiger partial charge < -0.3 is 156 Å². The molecule has 0 radical (unpaired) electrons. The summed E-state index contributed by atoms with van der Waals surface area (Å²) in [5.41, 5.74) is 44.6. The Hall–Kier alpha value is -15.7. The van der Waals surface area contributed by atoms with Crippen molar-refractivity contribution in [2.75, 3.05) is 19.7 Å². The molecule has 720 valence electrons. The van der Waals surface area contributed by atoms with Crippen LogP contribution in [-0.4, -0.2) is 271 Å². The third-order valence-corrected chi connectivity index (χ3v) is 19.5. The summed E-state index contributed by atoms with van der Waals surface area (Å²) in [6, 6.07) is -9.66. The summed E-state index contributed by atoms with van der Waals surface area (Å²) in [5, 5.41) is 93.2. The summed E-state index contributed by atoms with van der Waals surface area (Å²) >= 11 is 0. The second kappa shape index (κ2) is 53.8. The highest BCUT2D eigenvalue weighted by Gasteiger charge is 2.40. The standard InChI is InChI=1S/C80H113N25O27/c1-36(2)25-49(70(122)99-50(26-38-10-14-41(107)15-11-38)71(123)102-54(30-62(86)113)75(127)97-48(79(131)132)20-23-60(84)111)98-69(121)46(18-21-58(82)109)94-66(118)37(3)92-67(119)45(9-6-24-90-80(88)89)95-68(120)47(19-22-59(83)110)96-78(130)57(35-106)105-76(128)55(31-63(87)114)103-72(124)51(27-39-12-16-42(108)17-13-39)100-77(129)56(32-65(116)117)104-73(125)52(28-40-34-91-44-8-5-4-7-43(40)44)101-74(126)53(29-61(85)112)93-64(115)33-81/h4-5,7-8,10-17,34,36-37,45-57,91,106-108H,6,9,18-33,35,81H2,1-3H3,(H2,82,109)(H2,83,110)(H2,84,111)(H2,85,112)(H2,86,113)(H2,87,114)(H,92,119)(H,93,115)(H,94,118)(H,95,120)(H,96,130)(H,97,127)(H,98,121)(H,99,122)(H,100,129)(H,101,126)(H,102,123)(H,103,124)(H,104,125)(H,105,128)(H,116,117)(H,131,132)(H4,88,89,90)/t37-,45-,46-,47-,48-,49-,50-,51-,52-,53?,54-,55-,56-,57-/m0/s1. The first-order valence-corrected chi connectivity index (χ1v) is 41.0. The normalized spacial score (nSPS) is 14.1. The number of nitrogens with one attached hydrogen (secondary N) is 17. The Morgan fingerprint density at radius 3 is 1.11 bits per heavy atom. The molecule has 4 rings (SSSR count). The highest BCUT2D eigenvalue weighted by atomic mass is 16.4. The number of aliphatic hydroxyl groups is 1. The third kappa shape index (κ3) is 38.9. The van der Waals surface area contributed by atoms with E-state index in [-0.39, 0.29) is 42.0 Å². The van der Waals surface area contributed by atoms with E-state index >= 15 is 0 Å². The number of rotatable bonds is 59. The summed E-state index contributed by atoms with van der Waals surface area (Å²) in [6.07, 6.45) is -8.48. The van der Waals surface area contributed by atoms with Crippen molar-refractivity contribution in [2.45, 2.75) is 208 Å². The molecule has 0 aliphatic carbocycles. The molecule has 52 nitrogen and oxygen atoms in total. The maximum absolute atomic E-state index is 14.6. The van der Waals surface area contributed by atoms with Crippen molar-refractivity contribution in [2.24, 2.45) is 51.8 Å². The monoisotopic (exact) mass is 1860 g/mol. The van der Waals surface area contributed by atoms with Gasteiger partial charge in [-0.25, -0.2) is 4.79 Å². The molecule has 0 aliphatic rings. The zero-order chi connectivity index (χ0) is 98.9. The molecule has 132 heavy (non-hydrogen) atoms. The number of fused-ring (bicyclic) bond motifs is 1. The fourth-order valence-electron chi connectivity index (χ4n) is 12.8. The largest absolute Gasteiger partial charge is 0.508 e. The number of nitrogens with two attached hydrogens (primary N) is 8. The van der Waals surface area contributed by atoms with Gasteiger partial charge in [0, 0.05) is 62.2 Å². The molecule has 52 heteroatoms. The molecule has 0 bridgehead atoms. The van der Waals surface area contributed by atoms with Crippen LogP contribution in [0.1, 0.15) is 121 Å². The van der Waals surface area contributed by atoms with Gasteiger partial charge in [0.2, 0.25) is 118 Å². The molecule has 3 aromatic carbocycles. The van der Waals surface area contributed by atoms with Gasteiger partial charge in [0.1, 0.15) is 96.1 Å². The molecule has 1 heterocycles. The number of carbonyl (C=O) groups excluding carboxylic acids is 20. The van der Waals surface area contributed by atoms with Gasteiger partial charge in [-0.2, -0.15) is 0 Å². The molecule has 0 aliphatic heterocycles. The van der Waals surface area contributed by atoms with Gasteiger partial charge in [-0.3, -0.25) is 106 Å². The van der Waals surface area contributed by atoms with E-state index in [4.69, 9.17) is 51.3 Å². The molecule has 0 spiro atoms. The minimum Gasteiger partial charge on any atom is -0.508 e. The zero-order valence-electron chi connectivity index (χ0n) is 71.9. The second-order valence-corrected chi connectivity index (χ2v) is 30.9. The minimum absolute atomic E-state index is 0.127. The zero-order valence-corrected chi connectivity index (χ0v) is 71.9. The number of hydrogen-bond donors (Lipinski definition) is 30. The van der Waals surface area contributed by atoms with Crippen LogP contribution in [-0.2, 0) is 125 Å². The number of aromatic hydroxyl groups is 2. The van der Waals surface area contributed by atoms with Gasteiger partial charge in [-0.15, -0.1) is 0 Å². The predicted octanol–water partition coefficient (Wildman–Crippen LogP) is -11.3. The molecule has 38 N–H and O–H groups in total. The van der Waals surface area contributed by atoms with Crippen molar-refractivity contribution in [3.8, 4) is 11.5 Å². The van der Waals surface area contributed by atoms with Crippen molar-refractivity contribution in [3.63, 3.8) is 0 Å². The van der Waals surface area contributed by atoms with Crippen molar-refractivity contribution >= 4 is 147 Å². The van der Waals surface area contributed by atoms with Crippen molar-refractivity contribution < 1.29 is 131 Å². The molecule has 0 fully saturated rings. The first-order chi connectivity index (χ1) is 62.1. The number of benzene rings is 3. The van der Waals surface area contributed by atoms with E-state index in [0.717, 1.165) is 19.1 Å². The van der Waals surface area contributed by atoms with E-state index in [2.05, 4.69) is 84.7 Å². The average Bonchev–Trinajstić information content (AvgIpc) is 1.67. The van der Waals surface area contributed by atoms with Gasteiger partial charge in [-0.05, 0) is 98.4 Å². The van der Waals surface area contributed by atoms with E-state index in [1.54, 1.807) is 38.1 Å². The topological polar surface area (TPSA) is 905 Å². The number of carbonyl (C=O) groups is 22. The number of phenols is 2. The number of carboxylic acid groups (broad SMARTS) is 2. The van der Waals surface area contributed by atoms with Gasteiger partial charge in [0.25, 0.3) is 0 Å². The van der Waals surface area contributed by atoms with E-state index in [0.29, 0.717) is 16.5 Å². The predicted molar refractivity (Wildman–Crippen MR) is 460 cm³/mol. The Labute approximate surface area is 752 Å². The van der Waals surface area contributed by atoms with Crippen LogP contribution in [0.2, 0.25) is 0 Å². The van der Waals surface area contributed by atoms with Crippen LogP contribution in [0.4, 0.5) is 0 Å². The van der Waals surface area contributed by atoms with Crippen molar-refractivity contribution in [3.05, 3.63) is 95.7 Å². The van der Waals surface area contributed by atoms with Crippen LogP contribution < -0.4 is 126 Å². The number of para-hydroxylation sites is 1. The van der Waals surface area contributed by atoms with Crippen molar-refractivity contribution in [1.82, 2.24) is 84.7 Å². The van der Waals surface area contributed by atoms with Gasteiger partial charge >= 0.3 is 11.9 Å². The van der Waals surface area contributed by atoms with Crippen LogP contribution >= 0.6 is 0 Å². The maximum Gasteiger partial charge on any atom is 0.326 e. The fraction of sp³-hybridized carbons (Fsp3) is 0.463. The Balaban J connectivity index is 1.63. The Kier molecular flexibility index (Phi) is 44.3. The first kappa shape index (κ1) is 109. The third-order valence-electron chi connectivity index (χ3n) is 19.5. The SMILES string of the molecule is CC(C)C[C@H](NC(=O)[C@H](CCC(N)=O)NC(=O)[C@H](C)NC(=O)[C@H](CCCNC(=N)N)NC(=O)[C@H](CCC(N)=O)NC(=O)[C@H](CO)NC(=O)[C@H](CC(N)=O)NC(=O)[C@H](Cc1ccc(O)cc1)NC(=O)[C@H](CC(=O)O)NC(=O)[C@H](Cc1c[nH]c2ccccc12)NC(=O)C(CC(N)=O)NC(=O)CN)C(=O)N[C@@H](Cc1ccc(O)cc1)C(=O)N[C@@H](CC(N)=O)C(=O)N[C@@H](CCC(N)=O)C(=O)O. The number of aliphatic hydroxyl groups excluding tert-OH is 1. The number of amides is 20. The molecule has 4 aromatic rings. The summed E-state index contributed by atoms with van der Waals surface area (Å²) in [5.74, 6) is -28.9. The number of guanidine groups is 1. The average molecular weight is 1860 g/mol. The van der Waals surface area contributed by atoms with Crippen LogP contribution in [0, 0.1) is 11.3 Å². The lowest BCUT2D eigenvalue weighted by Crippen LogP contribution is -2.62. The maximum atomic E-state index is 14.6. The van der Waals surface area contributed by atoms with Crippen LogP contribution in [0.15, 0.2) is 79.0 Å². The highest BCUT2D eigenvalue weighted by molar-refractivity contribution is 6.03. The van der Waals surface area contributed by atoms with Crippen LogP contribution in [0.3, 0.4) is 0 Å². The van der Waals surface area contributed by atoms with E-state index < -0.39 is 330 Å². The van der Waals surface area contributed by atoms with Gasteiger partial charge in [0.05, 0.1) is 38.8 Å². The first-order valence-electron chi connectivity index (χ1n) is 41.0. The number of carboxylic acids is 2. The Morgan fingerprint density at radius 2 is 0.705 bits per heavy atom. The van der Waals surface area contributed by atoms with Crippen molar-refractivity contribution in [1.29, 1.82) is 5.41 Å². The lowest BCUT2D eigenvalue weighted by atomic mass is 10.00. The van der Waals surface area contributed by atoms with E-state index in [1.165, 1.54) is 42.6 Å². The second-order valence-electron chi connectivity index (χ2n) is 30.9.